The van der Waals surface area contributed by atoms with Gasteiger partial charge in [-0.15, -0.1) is 0 Å². The molecule has 2 aliphatic rings. The highest BCUT2D eigenvalue weighted by Gasteiger charge is 2.20. The van der Waals surface area contributed by atoms with Crippen molar-refractivity contribution in [3.8, 4) is 0 Å². The van der Waals surface area contributed by atoms with E-state index in [1.165, 1.54) is 53.8 Å². The number of allylic oxidation sites excluding steroid dienone is 4. The van der Waals surface area contributed by atoms with Crippen molar-refractivity contribution in [2.45, 2.75) is 39.0 Å². The van der Waals surface area contributed by atoms with Crippen LogP contribution in [0, 0.1) is 6.92 Å². The van der Waals surface area contributed by atoms with Crippen LogP contribution in [0.3, 0.4) is 0 Å². The molecule has 0 saturated heterocycles. The third kappa shape index (κ3) is 2.14. The van der Waals surface area contributed by atoms with E-state index in [1.807, 2.05) is 0 Å². The van der Waals surface area contributed by atoms with Crippen molar-refractivity contribution in [2.24, 2.45) is 0 Å². The molecule has 0 fully saturated rings. The fourth-order valence-corrected chi connectivity index (χ4v) is 2.70. The SMILES string of the molecule is Cc1ccccc1CC1=CC2=C(CCCC2)[N]1. The molecule has 0 N–H and O–H groups in total. The van der Waals surface area contributed by atoms with Crippen LogP contribution < -0.4 is 5.32 Å². The number of hydrogen-bond acceptors (Lipinski definition) is 0. The highest BCUT2D eigenvalue weighted by Crippen LogP contribution is 2.31. The minimum absolute atomic E-state index is 0.986. The van der Waals surface area contributed by atoms with E-state index in [0.29, 0.717) is 0 Å². The molecule has 0 aromatic heterocycles. The monoisotopic (exact) mass is 224 g/mol. The molecule has 1 aliphatic carbocycles. The maximum absolute atomic E-state index is 4.79. The first-order chi connectivity index (χ1) is 8.33. The fraction of sp³-hybridized carbons (Fsp3) is 0.375. The predicted octanol–water partition coefficient (Wildman–Crippen LogP) is 3.87. The molecule has 1 aliphatic heterocycles. The Morgan fingerprint density at radius 1 is 1.12 bits per heavy atom. The van der Waals surface area contributed by atoms with E-state index in [4.69, 9.17) is 5.32 Å². The lowest BCUT2D eigenvalue weighted by Crippen LogP contribution is -2.05. The van der Waals surface area contributed by atoms with E-state index in [0.717, 1.165) is 6.42 Å². The van der Waals surface area contributed by atoms with E-state index >= 15 is 0 Å². The summed E-state index contributed by atoms with van der Waals surface area (Å²) in [5.41, 5.74) is 6.89. The third-order valence-corrected chi connectivity index (χ3v) is 3.73. The minimum Gasteiger partial charge on any atom is -0.257 e. The predicted molar refractivity (Wildman–Crippen MR) is 70.6 cm³/mol. The second-order valence-electron chi connectivity index (χ2n) is 5.03. The highest BCUT2D eigenvalue weighted by atomic mass is 14.9. The van der Waals surface area contributed by atoms with Crippen molar-refractivity contribution in [1.82, 2.24) is 5.32 Å². The Kier molecular flexibility index (Phi) is 2.76. The van der Waals surface area contributed by atoms with Gasteiger partial charge >= 0.3 is 0 Å². The van der Waals surface area contributed by atoms with E-state index in [2.05, 4.69) is 37.3 Å². The lowest BCUT2D eigenvalue weighted by atomic mass is 9.97. The quantitative estimate of drug-likeness (QED) is 0.724. The molecule has 0 spiro atoms. The van der Waals surface area contributed by atoms with Gasteiger partial charge in [-0.1, -0.05) is 24.3 Å². The summed E-state index contributed by atoms with van der Waals surface area (Å²) in [5, 5.41) is 4.79. The van der Waals surface area contributed by atoms with Gasteiger partial charge in [0, 0.05) is 17.8 Å². The van der Waals surface area contributed by atoms with Crippen LogP contribution in [0.1, 0.15) is 36.8 Å². The van der Waals surface area contributed by atoms with Gasteiger partial charge in [-0.3, -0.25) is 5.32 Å². The molecule has 1 radical (unpaired) electrons. The molecule has 1 aromatic carbocycles. The lowest BCUT2D eigenvalue weighted by Gasteiger charge is -2.12. The van der Waals surface area contributed by atoms with E-state index in [-0.39, 0.29) is 0 Å². The van der Waals surface area contributed by atoms with Gasteiger partial charge in [-0.25, -0.2) is 0 Å². The summed E-state index contributed by atoms with van der Waals surface area (Å²) in [5.74, 6) is 0. The van der Waals surface area contributed by atoms with Gasteiger partial charge in [0.05, 0.1) is 0 Å². The first-order valence-corrected chi connectivity index (χ1v) is 6.52. The van der Waals surface area contributed by atoms with Crippen molar-refractivity contribution < 1.29 is 0 Å². The molecule has 0 amide bonds. The fourth-order valence-electron chi connectivity index (χ4n) is 2.70. The number of hydrogen-bond donors (Lipinski definition) is 0. The zero-order valence-electron chi connectivity index (χ0n) is 10.4. The Labute approximate surface area is 103 Å². The Hall–Kier alpha value is -1.50. The van der Waals surface area contributed by atoms with E-state index in [1.54, 1.807) is 0 Å². The maximum Gasteiger partial charge on any atom is 0.0454 e. The van der Waals surface area contributed by atoms with Crippen LogP contribution in [-0.4, -0.2) is 0 Å². The highest BCUT2D eigenvalue weighted by molar-refractivity contribution is 5.40. The standard InChI is InChI=1S/C16H18N/c1-12-6-2-3-7-13(12)10-15-11-14-8-4-5-9-16(14)17-15/h2-3,6-7,11H,4-5,8-10H2,1H3. The van der Waals surface area contributed by atoms with E-state index in [9.17, 15) is 0 Å². The lowest BCUT2D eigenvalue weighted by molar-refractivity contribution is 0.659. The zero-order valence-corrected chi connectivity index (χ0v) is 10.4. The Balaban J connectivity index is 1.75. The van der Waals surface area contributed by atoms with Gasteiger partial charge in [-0.05, 0) is 55.4 Å². The van der Waals surface area contributed by atoms with Crippen LogP contribution in [0.5, 0.6) is 0 Å². The second kappa shape index (κ2) is 4.40. The van der Waals surface area contributed by atoms with Gasteiger partial charge < -0.3 is 0 Å². The molecule has 0 unspecified atom stereocenters. The average molecular weight is 224 g/mol. The van der Waals surface area contributed by atoms with Gasteiger partial charge in [0.25, 0.3) is 0 Å². The summed E-state index contributed by atoms with van der Waals surface area (Å²) >= 11 is 0. The molecular weight excluding hydrogens is 206 g/mol. The normalized spacial score (nSPS) is 18.8. The Morgan fingerprint density at radius 2 is 1.94 bits per heavy atom. The third-order valence-electron chi connectivity index (χ3n) is 3.73. The molecule has 3 rings (SSSR count). The summed E-state index contributed by atoms with van der Waals surface area (Å²) in [6.07, 6.45) is 8.37. The second-order valence-corrected chi connectivity index (χ2v) is 5.03. The van der Waals surface area contributed by atoms with Crippen molar-refractivity contribution in [1.29, 1.82) is 0 Å². The van der Waals surface area contributed by atoms with Crippen molar-refractivity contribution in [3.63, 3.8) is 0 Å². The Bertz CT molecular complexity index is 494. The molecule has 1 heteroatoms. The summed E-state index contributed by atoms with van der Waals surface area (Å²) in [6.45, 7) is 2.18. The number of aryl methyl sites for hydroxylation is 1. The van der Waals surface area contributed by atoms with Gasteiger partial charge in [0.2, 0.25) is 0 Å². The molecule has 0 bridgehead atoms. The molecule has 1 heterocycles. The van der Waals surface area contributed by atoms with Gasteiger partial charge in [-0.2, -0.15) is 0 Å². The topological polar surface area (TPSA) is 14.1 Å². The van der Waals surface area contributed by atoms with Crippen molar-refractivity contribution in [2.75, 3.05) is 0 Å². The van der Waals surface area contributed by atoms with Crippen LogP contribution in [0.25, 0.3) is 0 Å². The van der Waals surface area contributed by atoms with Crippen LogP contribution in [0.4, 0.5) is 0 Å². The average Bonchev–Trinajstić information content (AvgIpc) is 2.74. The van der Waals surface area contributed by atoms with Crippen LogP contribution in [0.2, 0.25) is 0 Å². The van der Waals surface area contributed by atoms with Crippen LogP contribution in [0.15, 0.2) is 47.3 Å². The smallest absolute Gasteiger partial charge is 0.0454 e. The van der Waals surface area contributed by atoms with Crippen molar-refractivity contribution in [3.05, 3.63) is 58.4 Å². The molecule has 1 nitrogen and oxygen atoms in total. The largest absolute Gasteiger partial charge is 0.257 e. The zero-order chi connectivity index (χ0) is 11.7. The molecule has 1 aromatic rings. The summed E-state index contributed by atoms with van der Waals surface area (Å²) in [6, 6.07) is 8.61. The maximum atomic E-state index is 4.79. The van der Waals surface area contributed by atoms with Gasteiger partial charge in [0.15, 0.2) is 0 Å². The molecule has 17 heavy (non-hydrogen) atoms. The van der Waals surface area contributed by atoms with Crippen LogP contribution in [-0.2, 0) is 6.42 Å². The molecular formula is C16H18N. The number of benzene rings is 1. The van der Waals surface area contributed by atoms with E-state index < -0.39 is 0 Å². The first kappa shape index (κ1) is 10.6. The number of nitrogens with zero attached hydrogens (tertiary/aromatic N) is 1. The van der Waals surface area contributed by atoms with Crippen LogP contribution >= 0.6 is 0 Å². The summed E-state index contributed by atoms with van der Waals surface area (Å²) in [4.78, 5) is 0. The Morgan fingerprint density at radius 3 is 2.76 bits per heavy atom. The summed E-state index contributed by atoms with van der Waals surface area (Å²) < 4.78 is 0. The van der Waals surface area contributed by atoms with Crippen molar-refractivity contribution >= 4 is 0 Å². The number of rotatable bonds is 2. The molecule has 87 valence electrons. The molecule has 0 atom stereocenters. The summed E-state index contributed by atoms with van der Waals surface area (Å²) in [7, 11) is 0. The van der Waals surface area contributed by atoms with Gasteiger partial charge in [0.1, 0.15) is 0 Å². The molecule has 0 saturated carbocycles. The minimum atomic E-state index is 0.986. The first-order valence-electron chi connectivity index (χ1n) is 6.52.